The van der Waals surface area contributed by atoms with Crippen LogP contribution in [0.3, 0.4) is 0 Å². The lowest BCUT2D eigenvalue weighted by atomic mass is 9.80. The highest BCUT2D eigenvalue weighted by Gasteiger charge is 2.32. The van der Waals surface area contributed by atoms with Gasteiger partial charge in [-0.1, -0.05) is 0 Å². The van der Waals surface area contributed by atoms with Crippen molar-refractivity contribution in [1.82, 2.24) is 24.7 Å². The van der Waals surface area contributed by atoms with Crippen molar-refractivity contribution in [1.29, 1.82) is 0 Å². The van der Waals surface area contributed by atoms with E-state index in [1.165, 1.54) is 23.1 Å². The van der Waals surface area contributed by atoms with E-state index in [1.54, 1.807) is 18.0 Å². The Bertz CT molecular complexity index is 1400. The molecule has 7 nitrogen and oxygen atoms in total. The quantitative estimate of drug-likeness (QED) is 0.381. The van der Waals surface area contributed by atoms with Crippen molar-refractivity contribution < 1.29 is 14.0 Å². The monoisotopic (exact) mass is 561 g/mol. The molecule has 3 aromatic rings. The Morgan fingerprint density at radius 3 is 2.54 bits per heavy atom. The molecule has 1 aliphatic carbocycles. The van der Waals surface area contributed by atoms with E-state index >= 15 is 0 Å². The Hall–Kier alpha value is -3.26. The second-order valence-electron chi connectivity index (χ2n) is 12.4. The Balaban J connectivity index is 1.30. The summed E-state index contributed by atoms with van der Waals surface area (Å²) in [6, 6.07) is 4.47. The number of pyridine rings is 1. The molecule has 0 atom stereocenters. The van der Waals surface area contributed by atoms with E-state index in [0.29, 0.717) is 29.6 Å². The molecule has 2 fully saturated rings. The Kier molecular flexibility index (Phi) is 8.78. The minimum absolute atomic E-state index is 0.00310. The average molecular weight is 562 g/mol. The predicted molar refractivity (Wildman–Crippen MR) is 161 cm³/mol. The Morgan fingerprint density at radius 1 is 1.12 bits per heavy atom. The number of halogens is 1. The summed E-state index contributed by atoms with van der Waals surface area (Å²) in [4.78, 5) is 34.2. The van der Waals surface area contributed by atoms with Crippen molar-refractivity contribution in [2.24, 2.45) is 17.8 Å². The second-order valence-corrected chi connectivity index (χ2v) is 12.4. The van der Waals surface area contributed by atoms with Crippen molar-refractivity contribution in [3.8, 4) is 5.69 Å². The molecule has 2 amide bonds. The molecule has 1 N–H and O–H groups in total. The van der Waals surface area contributed by atoms with Gasteiger partial charge in [0.1, 0.15) is 5.82 Å². The Labute approximate surface area is 243 Å². The van der Waals surface area contributed by atoms with Crippen LogP contribution in [0.5, 0.6) is 0 Å². The van der Waals surface area contributed by atoms with Gasteiger partial charge in [0, 0.05) is 63.0 Å². The number of benzene rings is 1. The number of hydrogen-bond acceptors (Lipinski definition) is 4. The van der Waals surface area contributed by atoms with Gasteiger partial charge in [-0.05, 0) is 101 Å². The zero-order valence-electron chi connectivity index (χ0n) is 25.1. The van der Waals surface area contributed by atoms with Crippen LogP contribution in [-0.2, 0) is 11.2 Å². The molecule has 1 saturated heterocycles. The molecule has 0 spiro atoms. The highest BCUT2D eigenvalue weighted by Crippen LogP contribution is 2.34. The Morgan fingerprint density at radius 2 is 1.85 bits per heavy atom. The van der Waals surface area contributed by atoms with Crippen LogP contribution in [0, 0.1) is 30.5 Å². The van der Waals surface area contributed by atoms with E-state index in [4.69, 9.17) is 0 Å². The van der Waals surface area contributed by atoms with Crippen molar-refractivity contribution in [3.63, 3.8) is 0 Å². The van der Waals surface area contributed by atoms with Crippen LogP contribution < -0.4 is 5.32 Å². The van der Waals surface area contributed by atoms with Crippen LogP contribution in [0.2, 0.25) is 0 Å². The first-order valence-corrected chi connectivity index (χ1v) is 15.2. The van der Waals surface area contributed by atoms with Gasteiger partial charge in [-0.2, -0.15) is 0 Å². The predicted octanol–water partition coefficient (Wildman–Crippen LogP) is 5.37. The SMILES string of the molecule is CCNC(=O)C1CCC(CN2CC(Cc3cn(-c4ccc(F)cc4C(=O)N(C)C(C)C)c4cncc(C)c34)C2)CC1. The smallest absolute Gasteiger partial charge is 0.256 e. The largest absolute Gasteiger partial charge is 0.356 e. The van der Waals surface area contributed by atoms with E-state index in [0.717, 1.165) is 62.8 Å². The van der Waals surface area contributed by atoms with E-state index in [2.05, 4.69) is 28.3 Å². The van der Waals surface area contributed by atoms with Gasteiger partial charge < -0.3 is 19.7 Å². The molecule has 220 valence electrons. The summed E-state index contributed by atoms with van der Waals surface area (Å²) >= 11 is 0. The summed E-state index contributed by atoms with van der Waals surface area (Å²) in [7, 11) is 1.75. The van der Waals surface area contributed by atoms with Gasteiger partial charge in [-0.15, -0.1) is 0 Å². The van der Waals surface area contributed by atoms with Crippen LogP contribution in [0.25, 0.3) is 16.6 Å². The number of carbonyl (C=O) groups is 2. The molecule has 5 rings (SSSR count). The molecular weight excluding hydrogens is 517 g/mol. The lowest BCUT2D eigenvalue weighted by Crippen LogP contribution is -2.49. The highest BCUT2D eigenvalue weighted by atomic mass is 19.1. The molecule has 1 saturated carbocycles. The molecule has 0 radical (unpaired) electrons. The number of fused-ring (bicyclic) bond motifs is 1. The number of carbonyl (C=O) groups excluding carboxylic acids is 2. The first-order valence-electron chi connectivity index (χ1n) is 15.2. The van der Waals surface area contributed by atoms with Gasteiger partial charge in [0.05, 0.1) is 23.0 Å². The minimum Gasteiger partial charge on any atom is -0.356 e. The number of aromatic nitrogens is 2. The van der Waals surface area contributed by atoms with Gasteiger partial charge in [0.25, 0.3) is 5.91 Å². The number of amides is 2. The van der Waals surface area contributed by atoms with E-state index in [-0.39, 0.29) is 23.8 Å². The molecule has 0 bridgehead atoms. The molecule has 2 aliphatic rings. The lowest BCUT2D eigenvalue weighted by Gasteiger charge is -2.42. The number of aryl methyl sites for hydroxylation is 1. The number of nitrogens with zero attached hydrogens (tertiary/aromatic N) is 4. The lowest BCUT2D eigenvalue weighted by molar-refractivity contribution is -0.126. The van der Waals surface area contributed by atoms with Gasteiger partial charge >= 0.3 is 0 Å². The second kappa shape index (κ2) is 12.3. The number of hydrogen-bond donors (Lipinski definition) is 1. The van der Waals surface area contributed by atoms with Crippen molar-refractivity contribution in [2.45, 2.75) is 65.8 Å². The van der Waals surface area contributed by atoms with Gasteiger partial charge in [-0.25, -0.2) is 4.39 Å². The zero-order valence-corrected chi connectivity index (χ0v) is 25.1. The van der Waals surface area contributed by atoms with Crippen LogP contribution in [0.1, 0.15) is 67.9 Å². The number of rotatable bonds is 9. The summed E-state index contributed by atoms with van der Waals surface area (Å²) in [6.07, 6.45) is 11.1. The highest BCUT2D eigenvalue weighted by molar-refractivity contribution is 5.99. The summed E-state index contributed by atoms with van der Waals surface area (Å²) < 4.78 is 16.4. The minimum atomic E-state index is -0.424. The van der Waals surface area contributed by atoms with Crippen LogP contribution in [-0.4, -0.2) is 70.4 Å². The zero-order chi connectivity index (χ0) is 29.3. The maximum atomic E-state index is 14.4. The van der Waals surface area contributed by atoms with Crippen LogP contribution in [0.4, 0.5) is 4.39 Å². The number of nitrogens with one attached hydrogen (secondary N) is 1. The normalized spacial score (nSPS) is 19.9. The van der Waals surface area contributed by atoms with Gasteiger partial charge in [-0.3, -0.25) is 14.6 Å². The molecule has 1 aromatic carbocycles. The third-order valence-electron chi connectivity index (χ3n) is 9.15. The molecule has 3 heterocycles. The van der Waals surface area contributed by atoms with E-state index < -0.39 is 5.82 Å². The fraction of sp³-hybridized carbons (Fsp3) is 0.545. The summed E-state index contributed by atoms with van der Waals surface area (Å²) in [5.41, 5.74) is 4.30. The third kappa shape index (κ3) is 6.17. The topological polar surface area (TPSA) is 70.5 Å². The maximum Gasteiger partial charge on any atom is 0.256 e. The van der Waals surface area contributed by atoms with E-state index in [1.807, 2.05) is 37.7 Å². The van der Waals surface area contributed by atoms with E-state index in [9.17, 15) is 14.0 Å². The molecule has 2 aromatic heterocycles. The molecule has 1 aliphatic heterocycles. The summed E-state index contributed by atoms with van der Waals surface area (Å²) in [5, 5.41) is 4.15. The molecular formula is C33H44FN5O2. The molecule has 41 heavy (non-hydrogen) atoms. The first-order chi connectivity index (χ1) is 19.7. The van der Waals surface area contributed by atoms with Gasteiger partial charge in [0.2, 0.25) is 5.91 Å². The maximum absolute atomic E-state index is 14.4. The fourth-order valence-electron chi connectivity index (χ4n) is 6.67. The summed E-state index contributed by atoms with van der Waals surface area (Å²) in [5.74, 6) is 1.03. The van der Waals surface area contributed by atoms with Crippen molar-refractivity contribution in [3.05, 3.63) is 59.3 Å². The average Bonchev–Trinajstić information content (AvgIpc) is 3.30. The van der Waals surface area contributed by atoms with Crippen molar-refractivity contribution >= 4 is 22.7 Å². The molecule has 0 unspecified atom stereocenters. The van der Waals surface area contributed by atoms with Gasteiger partial charge in [0.15, 0.2) is 0 Å². The summed E-state index contributed by atoms with van der Waals surface area (Å²) in [6.45, 7) is 11.9. The van der Waals surface area contributed by atoms with Crippen LogP contribution >= 0.6 is 0 Å². The fourth-order valence-corrected chi connectivity index (χ4v) is 6.67. The molecule has 8 heteroatoms. The third-order valence-corrected chi connectivity index (χ3v) is 9.15. The van der Waals surface area contributed by atoms with Crippen molar-refractivity contribution in [2.75, 3.05) is 33.2 Å². The van der Waals surface area contributed by atoms with Crippen LogP contribution in [0.15, 0.2) is 36.8 Å². The number of likely N-dealkylation sites (tertiary alicyclic amines) is 1. The standard InChI is InChI=1S/C33H44FN5O2/c1-6-36-32(40)25-9-7-23(8-10-25)17-38-18-24(19-38)13-26-20-39(30-16-35-15-22(4)31(26)30)29-12-11-27(34)14-28(29)33(41)37(5)21(2)3/h11-12,14-16,20-21,23-25H,6-10,13,17-19H2,1-5H3,(H,36,40). The first kappa shape index (κ1) is 29.2.